The standard InChI is InChI=1S/C19H17N3O5/c1-12-10-15(22-27-12)21-18(23)17(13-6-4-3-5-7-13)26-19(24)14-8-9-16(25-2)20-11-14/h3-11,17H,1-2H3,(H,21,22,23)/t17-/m1/s1. The van der Waals surface area contributed by atoms with E-state index in [-0.39, 0.29) is 11.4 Å². The topological polar surface area (TPSA) is 104 Å². The molecule has 0 fully saturated rings. The minimum absolute atomic E-state index is 0.196. The second kappa shape index (κ2) is 8.13. The van der Waals surface area contributed by atoms with Crippen molar-refractivity contribution in [2.45, 2.75) is 13.0 Å². The van der Waals surface area contributed by atoms with E-state index in [0.29, 0.717) is 17.2 Å². The first kappa shape index (κ1) is 18.1. The lowest BCUT2D eigenvalue weighted by Gasteiger charge is -2.17. The van der Waals surface area contributed by atoms with E-state index in [1.54, 1.807) is 43.3 Å². The van der Waals surface area contributed by atoms with E-state index >= 15 is 0 Å². The Hall–Kier alpha value is -3.68. The predicted molar refractivity (Wildman–Crippen MR) is 95.3 cm³/mol. The minimum atomic E-state index is -1.17. The summed E-state index contributed by atoms with van der Waals surface area (Å²) in [6.45, 7) is 1.70. The molecule has 0 aliphatic rings. The summed E-state index contributed by atoms with van der Waals surface area (Å²) in [5, 5.41) is 6.30. The van der Waals surface area contributed by atoms with E-state index in [9.17, 15) is 9.59 Å². The largest absolute Gasteiger partial charge is 0.481 e. The first-order valence-electron chi connectivity index (χ1n) is 8.07. The average Bonchev–Trinajstić information content (AvgIpc) is 3.11. The van der Waals surface area contributed by atoms with Gasteiger partial charge in [0.15, 0.2) is 5.82 Å². The Balaban J connectivity index is 1.81. The van der Waals surface area contributed by atoms with Gasteiger partial charge in [-0.3, -0.25) is 4.79 Å². The van der Waals surface area contributed by atoms with Crippen LogP contribution in [0.4, 0.5) is 5.82 Å². The van der Waals surface area contributed by atoms with Crippen molar-refractivity contribution in [3.05, 3.63) is 71.6 Å². The molecule has 0 aliphatic heterocycles. The molecule has 138 valence electrons. The smallest absolute Gasteiger partial charge is 0.340 e. The number of ether oxygens (including phenoxy) is 2. The Morgan fingerprint density at radius 1 is 1.15 bits per heavy atom. The number of carbonyl (C=O) groups excluding carboxylic acids is 2. The van der Waals surface area contributed by atoms with Crippen molar-refractivity contribution in [3.8, 4) is 5.88 Å². The predicted octanol–water partition coefficient (Wildman–Crippen LogP) is 2.92. The summed E-state index contributed by atoms with van der Waals surface area (Å²) < 4.78 is 15.3. The summed E-state index contributed by atoms with van der Waals surface area (Å²) in [6, 6.07) is 13.3. The first-order chi connectivity index (χ1) is 13.1. The van der Waals surface area contributed by atoms with Gasteiger partial charge in [0, 0.05) is 23.9 Å². The molecule has 1 aromatic carbocycles. The van der Waals surface area contributed by atoms with Gasteiger partial charge in [0.05, 0.1) is 12.7 Å². The maximum Gasteiger partial charge on any atom is 0.340 e. The molecule has 1 N–H and O–H groups in total. The second-order valence-electron chi connectivity index (χ2n) is 5.60. The quantitative estimate of drug-likeness (QED) is 0.668. The summed E-state index contributed by atoms with van der Waals surface area (Å²) in [5.74, 6) is -0.0939. The number of amides is 1. The molecule has 0 unspecified atom stereocenters. The van der Waals surface area contributed by atoms with E-state index < -0.39 is 18.0 Å². The maximum absolute atomic E-state index is 12.7. The van der Waals surface area contributed by atoms with Crippen LogP contribution in [0.5, 0.6) is 5.88 Å². The molecule has 0 saturated heterocycles. The Labute approximate surface area is 155 Å². The summed E-state index contributed by atoms with van der Waals surface area (Å²) in [5.41, 5.74) is 0.715. The van der Waals surface area contributed by atoms with Crippen LogP contribution in [0.2, 0.25) is 0 Å². The molecule has 2 heterocycles. The molecule has 8 heteroatoms. The highest BCUT2D eigenvalue weighted by molar-refractivity contribution is 5.97. The molecule has 0 aliphatic carbocycles. The average molecular weight is 367 g/mol. The number of aromatic nitrogens is 2. The SMILES string of the molecule is COc1ccc(C(=O)O[C@@H](C(=O)Nc2cc(C)on2)c2ccccc2)cn1. The van der Waals surface area contributed by atoms with Crippen LogP contribution in [0.3, 0.4) is 0 Å². The van der Waals surface area contributed by atoms with Crippen LogP contribution in [0.25, 0.3) is 0 Å². The number of carbonyl (C=O) groups is 2. The lowest BCUT2D eigenvalue weighted by molar-refractivity contribution is -0.125. The number of anilines is 1. The lowest BCUT2D eigenvalue weighted by Crippen LogP contribution is -2.26. The van der Waals surface area contributed by atoms with Gasteiger partial charge < -0.3 is 19.3 Å². The number of esters is 1. The number of hydrogen-bond donors (Lipinski definition) is 1. The third-order valence-corrected chi connectivity index (χ3v) is 3.63. The van der Waals surface area contributed by atoms with E-state index in [1.165, 1.54) is 25.4 Å². The molecule has 0 bridgehead atoms. The van der Waals surface area contributed by atoms with E-state index in [2.05, 4.69) is 15.5 Å². The molecule has 0 saturated carbocycles. The van der Waals surface area contributed by atoms with Gasteiger partial charge in [0.25, 0.3) is 5.91 Å². The van der Waals surface area contributed by atoms with Crippen LogP contribution in [0.15, 0.2) is 59.3 Å². The van der Waals surface area contributed by atoms with E-state index in [0.717, 1.165) is 0 Å². The molecule has 3 aromatic rings. The van der Waals surface area contributed by atoms with Crippen molar-refractivity contribution in [2.75, 3.05) is 12.4 Å². The monoisotopic (exact) mass is 367 g/mol. The number of aryl methyl sites for hydroxylation is 1. The fraction of sp³-hybridized carbons (Fsp3) is 0.158. The lowest BCUT2D eigenvalue weighted by atomic mass is 10.1. The van der Waals surface area contributed by atoms with Gasteiger partial charge in [-0.1, -0.05) is 35.5 Å². The number of methoxy groups -OCH3 is 1. The molecular weight excluding hydrogens is 350 g/mol. The molecule has 0 radical (unpaired) electrons. The third kappa shape index (κ3) is 4.49. The van der Waals surface area contributed by atoms with Crippen molar-refractivity contribution in [2.24, 2.45) is 0 Å². The van der Waals surface area contributed by atoms with Crippen molar-refractivity contribution in [3.63, 3.8) is 0 Å². The molecule has 0 spiro atoms. The molecule has 8 nitrogen and oxygen atoms in total. The molecule has 1 atom stereocenters. The molecule has 3 rings (SSSR count). The highest BCUT2D eigenvalue weighted by atomic mass is 16.5. The van der Waals surface area contributed by atoms with Crippen molar-refractivity contribution < 1.29 is 23.6 Å². The summed E-state index contributed by atoms with van der Waals surface area (Å²) >= 11 is 0. The zero-order valence-corrected chi connectivity index (χ0v) is 14.7. The van der Waals surface area contributed by atoms with Crippen molar-refractivity contribution in [1.29, 1.82) is 0 Å². The van der Waals surface area contributed by atoms with Gasteiger partial charge in [0.2, 0.25) is 12.0 Å². The van der Waals surface area contributed by atoms with Crippen LogP contribution in [-0.4, -0.2) is 29.1 Å². The van der Waals surface area contributed by atoms with Crippen LogP contribution >= 0.6 is 0 Å². The Morgan fingerprint density at radius 2 is 1.93 bits per heavy atom. The number of nitrogens with one attached hydrogen (secondary N) is 1. The third-order valence-electron chi connectivity index (χ3n) is 3.63. The summed E-state index contributed by atoms with van der Waals surface area (Å²) in [6.07, 6.45) is 0.153. The van der Waals surface area contributed by atoms with Gasteiger partial charge in [-0.25, -0.2) is 9.78 Å². The zero-order chi connectivity index (χ0) is 19.2. The van der Waals surface area contributed by atoms with Crippen LogP contribution in [0, 0.1) is 6.92 Å². The minimum Gasteiger partial charge on any atom is -0.481 e. The number of benzene rings is 1. The van der Waals surface area contributed by atoms with Gasteiger partial charge in [-0.05, 0) is 13.0 Å². The molecule has 2 aromatic heterocycles. The molecule has 1 amide bonds. The zero-order valence-electron chi connectivity index (χ0n) is 14.7. The van der Waals surface area contributed by atoms with Gasteiger partial charge in [-0.2, -0.15) is 0 Å². The van der Waals surface area contributed by atoms with Crippen molar-refractivity contribution in [1.82, 2.24) is 10.1 Å². The van der Waals surface area contributed by atoms with Crippen molar-refractivity contribution >= 4 is 17.7 Å². The second-order valence-corrected chi connectivity index (χ2v) is 5.60. The van der Waals surface area contributed by atoms with Gasteiger partial charge in [-0.15, -0.1) is 0 Å². The highest BCUT2D eigenvalue weighted by Crippen LogP contribution is 2.22. The highest BCUT2D eigenvalue weighted by Gasteiger charge is 2.26. The summed E-state index contributed by atoms with van der Waals surface area (Å²) in [4.78, 5) is 29.1. The number of pyridine rings is 1. The maximum atomic E-state index is 12.7. The van der Waals surface area contributed by atoms with E-state index in [1.807, 2.05) is 0 Å². The van der Waals surface area contributed by atoms with Crippen LogP contribution in [-0.2, 0) is 9.53 Å². The summed E-state index contributed by atoms with van der Waals surface area (Å²) in [7, 11) is 1.47. The Bertz CT molecular complexity index is 922. The fourth-order valence-corrected chi connectivity index (χ4v) is 2.31. The Morgan fingerprint density at radius 3 is 2.52 bits per heavy atom. The number of rotatable bonds is 6. The van der Waals surface area contributed by atoms with Crippen LogP contribution < -0.4 is 10.1 Å². The molecule has 27 heavy (non-hydrogen) atoms. The van der Waals surface area contributed by atoms with E-state index in [4.69, 9.17) is 14.0 Å². The normalized spacial score (nSPS) is 11.5. The first-order valence-corrected chi connectivity index (χ1v) is 8.07. The number of nitrogens with zero attached hydrogens (tertiary/aromatic N) is 2. The van der Waals surface area contributed by atoms with Gasteiger partial charge in [0.1, 0.15) is 5.76 Å². The van der Waals surface area contributed by atoms with Crippen LogP contribution in [0.1, 0.15) is 27.8 Å². The Kier molecular flexibility index (Phi) is 5.46. The fourth-order valence-electron chi connectivity index (χ4n) is 2.31. The number of hydrogen-bond acceptors (Lipinski definition) is 7. The molecular formula is C19H17N3O5. The van der Waals surface area contributed by atoms with Gasteiger partial charge >= 0.3 is 5.97 Å².